The van der Waals surface area contributed by atoms with Crippen molar-refractivity contribution in [2.24, 2.45) is 0 Å². The molecule has 1 N–H and O–H groups in total. The molecule has 0 aliphatic rings. The molecule has 0 amide bonds. The molecule has 2 aromatic rings. The second-order valence-corrected chi connectivity index (χ2v) is 4.30. The number of nitrogens with zero attached hydrogens (tertiary/aromatic N) is 1. The molecule has 0 aliphatic heterocycles. The van der Waals surface area contributed by atoms with Gasteiger partial charge in [0.05, 0.1) is 19.2 Å². The van der Waals surface area contributed by atoms with E-state index in [9.17, 15) is 4.79 Å². The summed E-state index contributed by atoms with van der Waals surface area (Å²) in [6.07, 6.45) is -0.0412. The minimum Gasteiger partial charge on any atom is -1.00 e. The molecule has 0 unspecified atom stereocenters. The maximum absolute atomic E-state index is 10.6. The second-order valence-electron chi connectivity index (χ2n) is 3.45. The van der Waals surface area contributed by atoms with Crippen LogP contribution in [0.1, 0.15) is 5.69 Å². The van der Waals surface area contributed by atoms with Gasteiger partial charge < -0.3 is 22.3 Å². The number of carboxylic acid groups (broad SMARTS) is 1. The molecular weight excluding hydrogens is 274 g/mol. The van der Waals surface area contributed by atoms with Gasteiger partial charge in [-0.1, -0.05) is 12.1 Å². The minimum absolute atomic E-state index is 0. The van der Waals surface area contributed by atoms with E-state index in [-0.39, 0.29) is 18.8 Å². The highest BCUT2D eigenvalue weighted by atomic mass is 35.5. The van der Waals surface area contributed by atoms with Crippen molar-refractivity contribution >= 4 is 17.3 Å². The van der Waals surface area contributed by atoms with Crippen molar-refractivity contribution in [3.8, 4) is 16.3 Å². The lowest BCUT2D eigenvalue weighted by molar-refractivity contribution is -0.136. The number of ether oxygens (including phenoxy) is 1. The first-order valence-electron chi connectivity index (χ1n) is 4.99. The summed E-state index contributed by atoms with van der Waals surface area (Å²) in [4.78, 5) is 14.8. The average Bonchev–Trinajstić information content (AvgIpc) is 2.77. The smallest absolute Gasteiger partial charge is 0.309 e. The van der Waals surface area contributed by atoms with Crippen LogP contribution in [0.5, 0.6) is 5.75 Å². The van der Waals surface area contributed by atoms with Gasteiger partial charge in [0.2, 0.25) is 0 Å². The first-order valence-corrected chi connectivity index (χ1v) is 5.87. The van der Waals surface area contributed by atoms with Crippen LogP contribution < -0.4 is 17.1 Å². The maximum Gasteiger partial charge on any atom is 0.309 e. The number of aliphatic carboxylic acids is 1. The Hall–Kier alpha value is -1.59. The Balaban J connectivity index is 0.00000162. The lowest BCUT2D eigenvalue weighted by Gasteiger charge is -2.01. The number of rotatable bonds is 4. The number of carbonyl (C=O) groups is 1. The second kappa shape index (κ2) is 6.37. The Morgan fingerprint density at radius 3 is 2.94 bits per heavy atom. The van der Waals surface area contributed by atoms with E-state index in [2.05, 4.69) is 4.98 Å². The van der Waals surface area contributed by atoms with Crippen LogP contribution in [0, 0.1) is 0 Å². The topological polar surface area (TPSA) is 59.4 Å². The van der Waals surface area contributed by atoms with E-state index in [4.69, 9.17) is 9.84 Å². The van der Waals surface area contributed by atoms with Crippen LogP contribution in [0.3, 0.4) is 0 Å². The molecule has 18 heavy (non-hydrogen) atoms. The third-order valence-electron chi connectivity index (χ3n) is 2.20. The Labute approximate surface area is 115 Å². The van der Waals surface area contributed by atoms with Crippen molar-refractivity contribution < 1.29 is 27.0 Å². The van der Waals surface area contributed by atoms with Crippen molar-refractivity contribution in [3.63, 3.8) is 0 Å². The molecule has 0 radical (unpaired) electrons. The number of benzene rings is 1. The van der Waals surface area contributed by atoms with Gasteiger partial charge in [0.15, 0.2) is 0 Å². The van der Waals surface area contributed by atoms with Gasteiger partial charge in [0, 0.05) is 10.9 Å². The van der Waals surface area contributed by atoms with Gasteiger partial charge in [-0.15, -0.1) is 11.3 Å². The summed E-state index contributed by atoms with van der Waals surface area (Å²) in [7, 11) is 1.61. The van der Waals surface area contributed by atoms with E-state index >= 15 is 0 Å². The van der Waals surface area contributed by atoms with Crippen LogP contribution in [0.15, 0.2) is 29.6 Å². The van der Waals surface area contributed by atoms with Gasteiger partial charge in [-0.3, -0.25) is 4.79 Å². The van der Waals surface area contributed by atoms with Crippen molar-refractivity contribution in [2.45, 2.75) is 6.42 Å². The monoisotopic (exact) mass is 284 g/mol. The average molecular weight is 285 g/mol. The molecule has 0 aliphatic carbocycles. The van der Waals surface area contributed by atoms with Gasteiger partial charge in [-0.25, -0.2) is 4.98 Å². The zero-order valence-corrected chi connectivity index (χ0v) is 11.2. The van der Waals surface area contributed by atoms with Crippen molar-refractivity contribution in [3.05, 3.63) is 35.3 Å². The molecule has 96 valence electrons. The van der Waals surface area contributed by atoms with Crippen molar-refractivity contribution in [1.29, 1.82) is 0 Å². The Bertz CT molecular complexity index is 542. The predicted octanol–water partition coefficient (Wildman–Crippen LogP) is -0.550. The molecule has 2 rings (SSSR count). The normalized spacial score (nSPS) is 9.61. The molecule has 1 heterocycles. The Kier molecular flexibility index (Phi) is 5.12. The number of hydrogen-bond donors (Lipinski definition) is 1. The van der Waals surface area contributed by atoms with Crippen LogP contribution in [0.4, 0.5) is 0 Å². The van der Waals surface area contributed by atoms with Crippen LogP contribution >= 0.6 is 11.3 Å². The molecule has 4 nitrogen and oxygen atoms in total. The molecule has 0 bridgehead atoms. The quantitative estimate of drug-likeness (QED) is 0.818. The molecule has 0 saturated carbocycles. The number of hydrogen-bond acceptors (Lipinski definition) is 4. The summed E-state index contributed by atoms with van der Waals surface area (Å²) in [5.74, 6) is -0.107. The Morgan fingerprint density at radius 2 is 2.28 bits per heavy atom. The van der Waals surface area contributed by atoms with E-state index in [1.165, 1.54) is 11.3 Å². The highest BCUT2D eigenvalue weighted by Crippen LogP contribution is 2.26. The lowest BCUT2D eigenvalue weighted by Crippen LogP contribution is -3.00. The molecule has 6 heteroatoms. The van der Waals surface area contributed by atoms with Crippen LogP contribution in [0.25, 0.3) is 10.6 Å². The van der Waals surface area contributed by atoms with Crippen molar-refractivity contribution in [1.82, 2.24) is 4.98 Å². The number of thiazole rings is 1. The summed E-state index contributed by atoms with van der Waals surface area (Å²) >= 11 is 1.43. The fraction of sp³-hybridized carbons (Fsp3) is 0.167. The summed E-state index contributed by atoms with van der Waals surface area (Å²) in [5, 5.41) is 11.2. The predicted molar refractivity (Wildman–Crippen MR) is 65.4 cm³/mol. The zero-order valence-electron chi connectivity index (χ0n) is 9.59. The number of halogens is 1. The van der Waals surface area contributed by atoms with Gasteiger partial charge in [-0.2, -0.15) is 0 Å². The third-order valence-corrected chi connectivity index (χ3v) is 3.14. The van der Waals surface area contributed by atoms with Gasteiger partial charge >= 0.3 is 5.97 Å². The van der Waals surface area contributed by atoms with E-state index in [0.717, 1.165) is 16.3 Å². The molecule has 0 saturated heterocycles. The van der Waals surface area contributed by atoms with E-state index < -0.39 is 5.97 Å². The first-order chi connectivity index (χ1) is 8.19. The fourth-order valence-electron chi connectivity index (χ4n) is 1.43. The van der Waals surface area contributed by atoms with Crippen molar-refractivity contribution in [2.75, 3.05) is 7.11 Å². The standard InChI is InChI=1S/C12H11NO3S.ClH/c1-16-10-4-2-3-8(5-10)12-13-9(7-17-12)6-11(14)15;/h2-5,7H,6H2,1H3,(H,14,15);1H/p-1. The lowest BCUT2D eigenvalue weighted by atomic mass is 10.2. The van der Waals surface area contributed by atoms with Gasteiger partial charge in [0.1, 0.15) is 10.8 Å². The maximum atomic E-state index is 10.6. The number of methoxy groups -OCH3 is 1. The van der Waals surface area contributed by atoms with Crippen LogP contribution in [-0.4, -0.2) is 23.2 Å². The summed E-state index contributed by atoms with van der Waals surface area (Å²) in [6.45, 7) is 0. The third kappa shape index (κ3) is 3.45. The fourth-order valence-corrected chi connectivity index (χ4v) is 2.25. The van der Waals surface area contributed by atoms with E-state index in [0.29, 0.717) is 5.69 Å². The van der Waals surface area contributed by atoms with Gasteiger partial charge in [-0.05, 0) is 12.1 Å². The number of aromatic nitrogens is 1. The summed E-state index contributed by atoms with van der Waals surface area (Å²) in [6, 6.07) is 7.54. The molecule has 0 spiro atoms. The molecule has 1 aromatic carbocycles. The zero-order chi connectivity index (χ0) is 12.3. The van der Waals surface area contributed by atoms with E-state index in [1.54, 1.807) is 12.5 Å². The SMILES string of the molecule is COc1cccc(-c2nc(CC(=O)O)cs2)c1.[Cl-]. The molecular formula is C12H11ClNO3S-. The van der Waals surface area contributed by atoms with Gasteiger partial charge in [0.25, 0.3) is 0 Å². The highest BCUT2D eigenvalue weighted by molar-refractivity contribution is 7.13. The minimum atomic E-state index is -0.868. The van der Waals surface area contributed by atoms with Crippen LogP contribution in [0.2, 0.25) is 0 Å². The highest BCUT2D eigenvalue weighted by Gasteiger charge is 2.08. The summed E-state index contributed by atoms with van der Waals surface area (Å²) in [5.41, 5.74) is 1.52. The molecule has 0 atom stereocenters. The number of carboxylic acids is 1. The van der Waals surface area contributed by atoms with Crippen LogP contribution in [-0.2, 0) is 11.2 Å². The first kappa shape index (κ1) is 14.5. The molecule has 0 fully saturated rings. The summed E-state index contributed by atoms with van der Waals surface area (Å²) < 4.78 is 5.13. The van der Waals surface area contributed by atoms with E-state index in [1.807, 2.05) is 24.3 Å². The largest absolute Gasteiger partial charge is 1.00 e. The Morgan fingerprint density at radius 1 is 1.50 bits per heavy atom. The molecule has 1 aromatic heterocycles.